The molecule has 7 nitrogen and oxygen atoms in total. The molecule has 1 aromatic rings. The molecule has 3 aliphatic rings. The SMILES string of the molecule is CNCCOC1=C=C=C(C2=Nc3cc(OC)ccc3C(N3CC[C@H](CN(C)C(C)=O)C3)C2)C=C1. The number of nitrogens with zero attached hydrogens (tertiary/aromatic N) is 3. The summed E-state index contributed by atoms with van der Waals surface area (Å²) in [6.45, 7) is 5.77. The summed E-state index contributed by atoms with van der Waals surface area (Å²) in [7, 11) is 5.46. The smallest absolute Gasteiger partial charge is 0.219 e. The Kier molecular flexibility index (Phi) is 7.71. The van der Waals surface area contributed by atoms with E-state index in [-0.39, 0.29) is 11.9 Å². The molecule has 2 aliphatic heterocycles. The molecule has 2 atom stereocenters. The van der Waals surface area contributed by atoms with Crippen LogP contribution < -0.4 is 10.1 Å². The zero-order valence-electron chi connectivity index (χ0n) is 20.6. The lowest BCUT2D eigenvalue weighted by atomic mass is 9.91. The number of rotatable bonds is 9. The predicted octanol–water partition coefficient (Wildman–Crippen LogP) is 3.38. The first-order chi connectivity index (χ1) is 16.5. The van der Waals surface area contributed by atoms with E-state index < -0.39 is 0 Å². The predicted molar refractivity (Wildman–Crippen MR) is 134 cm³/mol. The first-order valence-electron chi connectivity index (χ1n) is 11.9. The quantitative estimate of drug-likeness (QED) is 0.450. The third kappa shape index (κ3) is 5.52. The van der Waals surface area contributed by atoms with Gasteiger partial charge in [-0.2, -0.15) is 0 Å². The number of likely N-dealkylation sites (tertiary alicyclic amines) is 1. The molecule has 0 aromatic heterocycles. The van der Waals surface area contributed by atoms with E-state index in [1.807, 2.05) is 43.3 Å². The van der Waals surface area contributed by atoms with Gasteiger partial charge in [-0.05, 0) is 55.4 Å². The number of fused-ring (bicyclic) bond motifs is 1. The maximum atomic E-state index is 11.7. The number of carbonyl (C=O) groups is 1. The molecule has 1 N–H and O–H groups in total. The number of hydrogen-bond donors (Lipinski definition) is 1. The second kappa shape index (κ2) is 10.9. The van der Waals surface area contributed by atoms with Crippen molar-refractivity contribution in [3.8, 4) is 5.75 Å². The Balaban J connectivity index is 1.59. The molecule has 1 unspecified atom stereocenters. The van der Waals surface area contributed by atoms with Crippen LogP contribution in [-0.2, 0) is 9.53 Å². The zero-order valence-corrected chi connectivity index (χ0v) is 20.6. The minimum atomic E-state index is 0.119. The Morgan fingerprint density at radius 3 is 2.88 bits per heavy atom. The van der Waals surface area contributed by atoms with Crippen LogP contribution in [0.25, 0.3) is 0 Å². The lowest BCUT2D eigenvalue weighted by molar-refractivity contribution is -0.128. The number of ether oxygens (including phenoxy) is 2. The average molecular weight is 463 g/mol. The second-order valence-electron chi connectivity index (χ2n) is 9.07. The van der Waals surface area contributed by atoms with Gasteiger partial charge in [0.1, 0.15) is 12.4 Å². The lowest BCUT2D eigenvalue weighted by Crippen LogP contribution is -2.33. The van der Waals surface area contributed by atoms with Crippen molar-refractivity contribution in [1.82, 2.24) is 15.1 Å². The van der Waals surface area contributed by atoms with E-state index in [4.69, 9.17) is 14.5 Å². The number of benzene rings is 1. The van der Waals surface area contributed by atoms with E-state index in [2.05, 4.69) is 27.7 Å². The van der Waals surface area contributed by atoms with Crippen molar-refractivity contribution in [2.75, 3.05) is 54.0 Å². The van der Waals surface area contributed by atoms with Crippen LogP contribution in [0.5, 0.6) is 5.75 Å². The van der Waals surface area contributed by atoms with E-state index in [9.17, 15) is 4.79 Å². The molecule has 1 saturated heterocycles. The molecule has 4 rings (SSSR count). The average Bonchev–Trinajstić information content (AvgIpc) is 3.31. The van der Waals surface area contributed by atoms with Crippen molar-refractivity contribution in [1.29, 1.82) is 0 Å². The Hall–Kier alpha value is -3.08. The lowest BCUT2D eigenvalue weighted by Gasteiger charge is -2.33. The molecule has 180 valence electrons. The number of amides is 1. The first-order valence-corrected chi connectivity index (χ1v) is 11.9. The van der Waals surface area contributed by atoms with Gasteiger partial charge in [0.15, 0.2) is 5.76 Å². The van der Waals surface area contributed by atoms with Crippen LogP contribution >= 0.6 is 0 Å². The van der Waals surface area contributed by atoms with E-state index >= 15 is 0 Å². The summed E-state index contributed by atoms with van der Waals surface area (Å²) in [6, 6.07) is 6.39. The molecule has 34 heavy (non-hydrogen) atoms. The number of carbonyl (C=O) groups excluding carboxylic acids is 1. The molecule has 1 aromatic carbocycles. The maximum Gasteiger partial charge on any atom is 0.219 e. The van der Waals surface area contributed by atoms with Crippen LogP contribution in [0.4, 0.5) is 5.69 Å². The summed E-state index contributed by atoms with van der Waals surface area (Å²) < 4.78 is 11.2. The molecule has 7 heteroatoms. The van der Waals surface area contributed by atoms with Crippen molar-refractivity contribution in [3.63, 3.8) is 0 Å². The molecule has 0 radical (unpaired) electrons. The van der Waals surface area contributed by atoms with E-state index in [0.29, 0.717) is 18.3 Å². The topological polar surface area (TPSA) is 66.4 Å². The Labute approximate surface area is 202 Å². The standard InChI is InChI=1S/C27H34N4O3/c1-19(32)30(3)17-20-11-13-31(18-20)27-16-25(29-26-15-23(33-4)9-10-24(26)27)21-5-7-22(8-6-21)34-14-12-28-2/h5,7,9-10,15,20,27-28H,11-14,16-18H2,1-4H3/t20-,27?/m1/s1. The molecule has 0 bridgehead atoms. The number of aliphatic imine (C=N–C) groups is 1. The van der Waals surface area contributed by atoms with Gasteiger partial charge in [0.2, 0.25) is 5.91 Å². The van der Waals surface area contributed by atoms with Crippen LogP contribution in [-0.4, -0.2) is 75.4 Å². The van der Waals surface area contributed by atoms with Gasteiger partial charge in [-0.3, -0.25) is 14.7 Å². The molecular weight excluding hydrogens is 428 g/mol. The Bertz CT molecular complexity index is 1090. The number of allylic oxidation sites excluding steroid dienone is 3. The van der Waals surface area contributed by atoms with Crippen molar-refractivity contribution in [3.05, 3.63) is 58.7 Å². The van der Waals surface area contributed by atoms with Gasteiger partial charge in [-0.15, -0.1) is 0 Å². The van der Waals surface area contributed by atoms with Crippen LogP contribution in [0.15, 0.2) is 58.1 Å². The third-order valence-corrected chi connectivity index (χ3v) is 6.71. The fourth-order valence-corrected chi connectivity index (χ4v) is 4.71. The largest absolute Gasteiger partial charge is 0.497 e. The summed E-state index contributed by atoms with van der Waals surface area (Å²) in [5.41, 5.74) is 10.5. The summed E-state index contributed by atoms with van der Waals surface area (Å²) in [5.74, 6) is 2.08. The third-order valence-electron chi connectivity index (χ3n) is 6.71. The zero-order chi connectivity index (χ0) is 24.1. The first kappa shape index (κ1) is 24.1. The maximum absolute atomic E-state index is 11.7. The van der Waals surface area contributed by atoms with Crippen molar-refractivity contribution < 1.29 is 14.3 Å². The fourth-order valence-electron chi connectivity index (χ4n) is 4.71. The van der Waals surface area contributed by atoms with Crippen molar-refractivity contribution >= 4 is 17.3 Å². The number of hydrogen-bond acceptors (Lipinski definition) is 6. The molecule has 0 spiro atoms. The molecule has 1 aliphatic carbocycles. The summed E-state index contributed by atoms with van der Waals surface area (Å²) >= 11 is 0. The second-order valence-corrected chi connectivity index (χ2v) is 9.07. The molecule has 0 saturated carbocycles. The van der Waals surface area contributed by atoms with Gasteiger partial charge >= 0.3 is 0 Å². The van der Waals surface area contributed by atoms with Gasteiger partial charge in [-0.25, -0.2) is 0 Å². The normalized spacial score (nSPS) is 21.5. The van der Waals surface area contributed by atoms with Gasteiger partial charge in [0.25, 0.3) is 0 Å². The highest BCUT2D eigenvalue weighted by molar-refractivity contribution is 6.05. The number of nitrogens with one attached hydrogen (secondary N) is 1. The Morgan fingerprint density at radius 2 is 2.18 bits per heavy atom. The molecule has 1 amide bonds. The van der Waals surface area contributed by atoms with Gasteiger partial charge in [0.05, 0.1) is 18.5 Å². The van der Waals surface area contributed by atoms with Crippen LogP contribution in [0.1, 0.15) is 31.4 Å². The summed E-state index contributed by atoms with van der Waals surface area (Å²) in [5, 5.41) is 3.07. The van der Waals surface area contributed by atoms with Gasteiger partial charge in [-0.1, -0.05) is 11.8 Å². The van der Waals surface area contributed by atoms with E-state index in [1.54, 1.807) is 14.0 Å². The monoisotopic (exact) mass is 462 g/mol. The summed E-state index contributed by atoms with van der Waals surface area (Å²) in [4.78, 5) is 21.1. The van der Waals surface area contributed by atoms with E-state index in [0.717, 1.165) is 61.7 Å². The van der Waals surface area contributed by atoms with E-state index in [1.165, 1.54) is 5.56 Å². The summed E-state index contributed by atoms with van der Waals surface area (Å²) in [6.07, 6.45) is 5.84. The fraction of sp³-hybridized carbons (Fsp3) is 0.481. The highest BCUT2D eigenvalue weighted by atomic mass is 16.5. The minimum Gasteiger partial charge on any atom is -0.497 e. The molecule has 1 fully saturated rings. The number of methoxy groups -OCH3 is 1. The van der Waals surface area contributed by atoms with Crippen LogP contribution in [0.2, 0.25) is 0 Å². The molecular formula is C27H34N4O3. The Morgan fingerprint density at radius 1 is 1.32 bits per heavy atom. The van der Waals surface area contributed by atoms with Crippen LogP contribution in [0, 0.1) is 5.92 Å². The van der Waals surface area contributed by atoms with Gasteiger partial charge < -0.3 is 19.7 Å². The highest BCUT2D eigenvalue weighted by Gasteiger charge is 2.34. The minimum absolute atomic E-state index is 0.119. The van der Waals surface area contributed by atoms with Crippen LogP contribution in [0.3, 0.4) is 0 Å². The van der Waals surface area contributed by atoms with Gasteiger partial charge in [0, 0.05) is 57.7 Å². The highest BCUT2D eigenvalue weighted by Crippen LogP contribution is 2.42. The van der Waals surface area contributed by atoms with Crippen molar-refractivity contribution in [2.24, 2.45) is 10.9 Å². The number of likely N-dealkylation sites (N-methyl/N-ethyl adjacent to an activating group) is 1. The molecule has 2 heterocycles. The van der Waals surface area contributed by atoms with Crippen molar-refractivity contribution in [2.45, 2.75) is 25.8 Å².